The fourth-order valence-corrected chi connectivity index (χ4v) is 3.07. The molecule has 0 saturated heterocycles. The molecule has 2 aliphatic rings. The van der Waals surface area contributed by atoms with Crippen LogP contribution in [0.1, 0.15) is 48.3 Å². The molecule has 21 heavy (non-hydrogen) atoms. The summed E-state index contributed by atoms with van der Waals surface area (Å²) >= 11 is 0. The van der Waals surface area contributed by atoms with E-state index in [1.54, 1.807) is 6.92 Å². The third-order valence-corrected chi connectivity index (χ3v) is 4.30. The van der Waals surface area contributed by atoms with Crippen LogP contribution in [0.5, 0.6) is 11.5 Å². The highest BCUT2D eigenvalue weighted by molar-refractivity contribution is 5.89. The summed E-state index contributed by atoms with van der Waals surface area (Å²) in [5, 5.41) is 51.2. The van der Waals surface area contributed by atoms with Crippen molar-refractivity contribution in [1.29, 1.82) is 0 Å². The van der Waals surface area contributed by atoms with Crippen LogP contribution in [0, 0.1) is 0 Å². The predicted molar refractivity (Wildman–Crippen MR) is 75.0 cm³/mol. The van der Waals surface area contributed by atoms with Gasteiger partial charge >= 0.3 is 0 Å². The second-order valence-corrected chi connectivity index (χ2v) is 5.33. The van der Waals surface area contributed by atoms with Gasteiger partial charge in [-0.3, -0.25) is 0 Å². The Morgan fingerprint density at radius 1 is 0.810 bits per heavy atom. The molecule has 0 bridgehead atoms. The number of aliphatic hydroxyl groups is 4. The minimum Gasteiger partial charge on any atom is -0.507 e. The van der Waals surface area contributed by atoms with E-state index in [9.17, 15) is 25.5 Å². The predicted octanol–water partition coefficient (Wildman–Crippen LogP) is 2.07. The molecule has 0 heterocycles. The van der Waals surface area contributed by atoms with Crippen molar-refractivity contribution in [2.45, 2.75) is 26.1 Å². The smallest absolute Gasteiger partial charge is 0.169 e. The second kappa shape index (κ2) is 4.16. The normalized spacial score (nSPS) is 23.7. The fourth-order valence-electron chi connectivity index (χ4n) is 3.07. The first-order valence-corrected chi connectivity index (χ1v) is 6.45. The van der Waals surface area contributed by atoms with Crippen LogP contribution < -0.4 is 4.74 Å². The molecule has 0 aliphatic heterocycles. The number of methoxy groups -OCH3 is 1. The van der Waals surface area contributed by atoms with Gasteiger partial charge < -0.3 is 30.3 Å². The average molecular weight is 292 g/mol. The molecule has 0 fully saturated rings. The monoisotopic (exact) mass is 292 g/mol. The van der Waals surface area contributed by atoms with Gasteiger partial charge in [-0.25, -0.2) is 0 Å². The molecule has 2 unspecified atom stereocenters. The number of hydrogen-bond acceptors (Lipinski definition) is 6. The van der Waals surface area contributed by atoms with Crippen LogP contribution in [0.3, 0.4) is 0 Å². The number of rotatable bonds is 1. The van der Waals surface area contributed by atoms with Crippen LogP contribution in [-0.2, 0) is 0 Å². The van der Waals surface area contributed by atoms with Crippen molar-refractivity contribution in [3.63, 3.8) is 0 Å². The van der Waals surface area contributed by atoms with E-state index < -0.39 is 12.2 Å². The van der Waals surface area contributed by atoms with Crippen molar-refractivity contribution in [1.82, 2.24) is 0 Å². The Morgan fingerprint density at radius 3 is 1.81 bits per heavy atom. The third-order valence-electron chi connectivity index (χ3n) is 4.30. The Bertz CT molecular complexity index is 728. The minimum absolute atomic E-state index is 0.0203. The molecule has 0 saturated carbocycles. The summed E-state index contributed by atoms with van der Waals surface area (Å²) in [5.74, 6) is -0.800. The van der Waals surface area contributed by atoms with Gasteiger partial charge in [-0.2, -0.15) is 0 Å². The van der Waals surface area contributed by atoms with Gasteiger partial charge in [0.1, 0.15) is 23.7 Å². The number of aromatic hydroxyl groups is 1. The van der Waals surface area contributed by atoms with Crippen LogP contribution in [0.2, 0.25) is 0 Å². The van der Waals surface area contributed by atoms with Crippen LogP contribution in [-0.4, -0.2) is 32.6 Å². The van der Waals surface area contributed by atoms with Gasteiger partial charge in [0.05, 0.1) is 12.7 Å². The van der Waals surface area contributed by atoms with E-state index in [0.717, 1.165) is 0 Å². The first-order valence-electron chi connectivity index (χ1n) is 6.45. The van der Waals surface area contributed by atoms with Gasteiger partial charge in [0.25, 0.3) is 0 Å². The summed E-state index contributed by atoms with van der Waals surface area (Å²) in [7, 11) is 1.32. The first kappa shape index (κ1) is 13.8. The molecule has 6 heteroatoms. The maximum Gasteiger partial charge on any atom is 0.169 e. The highest BCUT2D eigenvalue weighted by Crippen LogP contribution is 2.57. The van der Waals surface area contributed by atoms with E-state index in [1.165, 1.54) is 14.0 Å². The van der Waals surface area contributed by atoms with Crippen LogP contribution in [0.25, 0.3) is 11.5 Å². The zero-order valence-corrected chi connectivity index (χ0v) is 11.8. The number of benzene rings is 1. The SMILES string of the molecule is COc1c(O)c2c(c3c1C(O)C(C)=C3O)C(O)C(C)=C2O. The van der Waals surface area contributed by atoms with E-state index in [2.05, 4.69) is 0 Å². The van der Waals surface area contributed by atoms with Crippen molar-refractivity contribution in [3.8, 4) is 11.5 Å². The highest BCUT2D eigenvalue weighted by Gasteiger charge is 2.42. The molecule has 1 aromatic carbocycles. The summed E-state index contributed by atoms with van der Waals surface area (Å²) in [5.41, 5.74) is 1.19. The van der Waals surface area contributed by atoms with Crippen molar-refractivity contribution < 1.29 is 30.3 Å². The largest absolute Gasteiger partial charge is 0.507 e. The molecule has 0 amide bonds. The van der Waals surface area contributed by atoms with Gasteiger partial charge in [0, 0.05) is 27.8 Å². The maximum absolute atomic E-state index is 10.3. The molecule has 5 N–H and O–H groups in total. The summed E-state index contributed by atoms with van der Waals surface area (Å²) in [6, 6.07) is 0. The number of phenols is 1. The fraction of sp³-hybridized carbons (Fsp3) is 0.333. The molecular weight excluding hydrogens is 276 g/mol. The van der Waals surface area contributed by atoms with E-state index in [0.29, 0.717) is 5.57 Å². The molecule has 112 valence electrons. The van der Waals surface area contributed by atoms with Gasteiger partial charge in [-0.05, 0) is 13.8 Å². The lowest BCUT2D eigenvalue weighted by Gasteiger charge is -2.19. The molecule has 2 atom stereocenters. The second-order valence-electron chi connectivity index (χ2n) is 5.33. The van der Waals surface area contributed by atoms with Crippen LogP contribution in [0.4, 0.5) is 0 Å². The molecule has 6 nitrogen and oxygen atoms in total. The molecular formula is C15H16O6. The Labute approximate surface area is 120 Å². The quantitative estimate of drug-likeness (QED) is 0.542. The summed E-state index contributed by atoms with van der Waals surface area (Å²) < 4.78 is 5.14. The standard InChI is InChI=1S/C15H16O6/c1-4-10(16)6-7-9(13(19)5(2)11(7)17)15(21-3)14(20)8(6)12(4)18/h10,13,16-20H,1-3H3. The van der Waals surface area contributed by atoms with E-state index >= 15 is 0 Å². The Morgan fingerprint density at radius 2 is 1.29 bits per heavy atom. The van der Waals surface area contributed by atoms with Crippen LogP contribution in [0.15, 0.2) is 11.1 Å². The van der Waals surface area contributed by atoms with Gasteiger partial charge in [-0.15, -0.1) is 0 Å². The number of phenolic OH excluding ortho intramolecular Hbond substituents is 1. The third kappa shape index (κ3) is 1.43. The number of aliphatic hydroxyl groups excluding tert-OH is 4. The van der Waals surface area contributed by atoms with Crippen molar-refractivity contribution in [2.75, 3.05) is 7.11 Å². The van der Waals surface area contributed by atoms with E-state index in [4.69, 9.17) is 4.74 Å². The maximum atomic E-state index is 10.3. The average Bonchev–Trinajstić information content (AvgIpc) is 2.81. The zero-order valence-electron chi connectivity index (χ0n) is 11.8. The molecule has 2 aliphatic carbocycles. The highest BCUT2D eigenvalue weighted by atomic mass is 16.5. The number of ether oxygens (including phenoxy) is 1. The molecule has 0 spiro atoms. The Balaban J connectivity index is 2.47. The van der Waals surface area contributed by atoms with E-state index in [-0.39, 0.29) is 50.8 Å². The van der Waals surface area contributed by atoms with Crippen molar-refractivity contribution in [2.24, 2.45) is 0 Å². The lowest BCUT2D eigenvalue weighted by molar-refractivity contribution is 0.208. The zero-order chi connectivity index (χ0) is 15.6. The van der Waals surface area contributed by atoms with Gasteiger partial charge in [0.2, 0.25) is 0 Å². The van der Waals surface area contributed by atoms with Crippen LogP contribution >= 0.6 is 0 Å². The lowest BCUT2D eigenvalue weighted by Crippen LogP contribution is -2.06. The molecule has 0 radical (unpaired) electrons. The lowest BCUT2D eigenvalue weighted by atomic mass is 9.93. The Hall–Kier alpha value is -2.18. The molecule has 3 rings (SSSR count). The summed E-state index contributed by atoms with van der Waals surface area (Å²) in [6.07, 6.45) is -2.30. The molecule has 0 aromatic heterocycles. The molecule has 1 aromatic rings. The number of fused-ring (bicyclic) bond motifs is 3. The Kier molecular flexibility index (Phi) is 2.73. The van der Waals surface area contributed by atoms with Crippen molar-refractivity contribution >= 4 is 11.5 Å². The minimum atomic E-state index is -1.16. The van der Waals surface area contributed by atoms with Gasteiger partial charge in [0.15, 0.2) is 11.5 Å². The summed E-state index contributed by atoms with van der Waals surface area (Å²) in [4.78, 5) is 0. The van der Waals surface area contributed by atoms with E-state index in [1.807, 2.05) is 0 Å². The topological polar surface area (TPSA) is 110 Å². The van der Waals surface area contributed by atoms with Crippen molar-refractivity contribution in [3.05, 3.63) is 33.4 Å². The first-order chi connectivity index (χ1) is 9.82. The summed E-state index contributed by atoms with van der Waals surface area (Å²) in [6.45, 7) is 3.07. The van der Waals surface area contributed by atoms with Gasteiger partial charge in [-0.1, -0.05) is 0 Å². The number of hydrogen-bond donors (Lipinski definition) is 5.